The van der Waals surface area contributed by atoms with Crippen molar-refractivity contribution in [1.82, 2.24) is 10.2 Å². The molecular formula is C6H18N2O7P2. The van der Waals surface area contributed by atoms with E-state index in [4.69, 9.17) is 24.7 Å². The first-order chi connectivity index (χ1) is 7.64. The summed E-state index contributed by atoms with van der Waals surface area (Å²) >= 11 is 0. The molecule has 0 spiro atoms. The van der Waals surface area contributed by atoms with Crippen molar-refractivity contribution in [3.8, 4) is 0 Å². The zero-order valence-corrected chi connectivity index (χ0v) is 10.9. The predicted molar refractivity (Wildman–Crippen MR) is 60.5 cm³/mol. The monoisotopic (exact) mass is 292 g/mol. The Morgan fingerprint density at radius 2 is 1.59 bits per heavy atom. The van der Waals surface area contributed by atoms with Crippen LogP contribution in [0, 0.1) is 0 Å². The lowest BCUT2D eigenvalue weighted by Gasteiger charge is -2.21. The average Bonchev–Trinajstić information content (AvgIpc) is 2.08. The van der Waals surface area contributed by atoms with E-state index in [0.29, 0.717) is 0 Å². The van der Waals surface area contributed by atoms with Gasteiger partial charge in [-0.3, -0.25) is 14.0 Å². The summed E-state index contributed by atoms with van der Waals surface area (Å²) in [7, 11) is -8.31. The molecule has 9 nitrogen and oxygen atoms in total. The molecule has 0 aliphatic heterocycles. The standard InChI is InChI=1S/C6H18N2O7P2/c9-4-3-8(6-17(13,14)15)2-1-7-5-16(10,11)12/h7,9H,1-6H2,(H2,10,11,12)(H2,13,14,15). The lowest BCUT2D eigenvalue weighted by atomic mass is 10.5. The van der Waals surface area contributed by atoms with E-state index in [1.54, 1.807) is 0 Å². The van der Waals surface area contributed by atoms with Gasteiger partial charge in [-0.2, -0.15) is 0 Å². The zero-order valence-electron chi connectivity index (χ0n) is 9.14. The van der Waals surface area contributed by atoms with Crippen molar-refractivity contribution < 1.29 is 33.8 Å². The molecule has 0 aliphatic carbocycles. The molecule has 17 heavy (non-hydrogen) atoms. The Balaban J connectivity index is 3.93. The molecule has 0 radical (unpaired) electrons. The van der Waals surface area contributed by atoms with Crippen molar-refractivity contribution in [3.05, 3.63) is 0 Å². The van der Waals surface area contributed by atoms with Gasteiger partial charge in [0.05, 0.1) is 12.9 Å². The van der Waals surface area contributed by atoms with Gasteiger partial charge >= 0.3 is 15.2 Å². The summed E-state index contributed by atoms with van der Waals surface area (Å²) in [6, 6.07) is 0. The molecule has 0 rings (SSSR count). The van der Waals surface area contributed by atoms with Crippen LogP contribution in [0.4, 0.5) is 0 Å². The molecule has 0 amide bonds. The molecule has 0 saturated heterocycles. The van der Waals surface area contributed by atoms with E-state index < -0.39 is 27.8 Å². The largest absolute Gasteiger partial charge is 0.395 e. The summed E-state index contributed by atoms with van der Waals surface area (Å²) in [5.74, 6) is 0. The second kappa shape index (κ2) is 7.58. The topological polar surface area (TPSA) is 151 Å². The summed E-state index contributed by atoms with van der Waals surface area (Å²) in [6.45, 7) is 0.165. The van der Waals surface area contributed by atoms with E-state index >= 15 is 0 Å². The van der Waals surface area contributed by atoms with Gasteiger partial charge in [0.2, 0.25) is 0 Å². The van der Waals surface area contributed by atoms with Crippen LogP contribution in [0.1, 0.15) is 0 Å². The van der Waals surface area contributed by atoms with Crippen LogP contribution in [0.25, 0.3) is 0 Å². The highest BCUT2D eigenvalue weighted by molar-refractivity contribution is 7.51. The number of nitrogens with one attached hydrogen (secondary N) is 1. The van der Waals surface area contributed by atoms with Gasteiger partial charge in [0.1, 0.15) is 6.29 Å². The molecule has 0 unspecified atom stereocenters. The van der Waals surface area contributed by atoms with Gasteiger partial charge in [-0.15, -0.1) is 0 Å². The number of aliphatic hydroxyl groups is 1. The van der Waals surface area contributed by atoms with Crippen molar-refractivity contribution in [1.29, 1.82) is 0 Å². The number of hydrogen-bond acceptors (Lipinski definition) is 5. The van der Waals surface area contributed by atoms with Crippen molar-refractivity contribution in [2.75, 3.05) is 38.8 Å². The van der Waals surface area contributed by atoms with Crippen LogP contribution in [0.2, 0.25) is 0 Å². The maximum Gasteiger partial charge on any atom is 0.339 e. The molecule has 6 N–H and O–H groups in total. The maximum absolute atomic E-state index is 10.7. The van der Waals surface area contributed by atoms with E-state index in [-0.39, 0.29) is 26.2 Å². The van der Waals surface area contributed by atoms with Gasteiger partial charge in [0.15, 0.2) is 0 Å². The summed E-state index contributed by atoms with van der Waals surface area (Å²) in [5, 5.41) is 11.1. The molecule has 0 aliphatic rings. The van der Waals surface area contributed by atoms with Gasteiger partial charge in [-0.25, -0.2) is 0 Å². The lowest BCUT2D eigenvalue weighted by molar-refractivity contribution is 0.204. The predicted octanol–water partition coefficient (Wildman–Crippen LogP) is -1.86. The highest BCUT2D eigenvalue weighted by Crippen LogP contribution is 2.35. The highest BCUT2D eigenvalue weighted by atomic mass is 31.2. The van der Waals surface area contributed by atoms with E-state index in [9.17, 15) is 9.13 Å². The Kier molecular flexibility index (Phi) is 7.66. The molecule has 0 heterocycles. The molecule has 0 aromatic rings. The van der Waals surface area contributed by atoms with Crippen LogP contribution in [-0.4, -0.2) is 68.4 Å². The van der Waals surface area contributed by atoms with E-state index in [2.05, 4.69) is 5.32 Å². The number of aliphatic hydroxyl groups excluding tert-OH is 1. The van der Waals surface area contributed by atoms with Crippen LogP contribution in [0.3, 0.4) is 0 Å². The SMILES string of the molecule is O=P(O)(O)CNCCN(CCO)CP(=O)(O)O. The van der Waals surface area contributed by atoms with Crippen LogP contribution in [-0.2, 0) is 9.13 Å². The smallest absolute Gasteiger partial charge is 0.339 e. The maximum atomic E-state index is 10.7. The Morgan fingerprint density at radius 3 is 2.00 bits per heavy atom. The molecule has 0 fully saturated rings. The van der Waals surface area contributed by atoms with Gasteiger partial charge < -0.3 is 30.0 Å². The quantitative estimate of drug-likeness (QED) is 0.212. The molecular weight excluding hydrogens is 274 g/mol. The van der Waals surface area contributed by atoms with Crippen LogP contribution in [0.5, 0.6) is 0 Å². The first-order valence-electron chi connectivity index (χ1n) is 4.77. The lowest BCUT2D eigenvalue weighted by Crippen LogP contribution is -2.35. The summed E-state index contributed by atoms with van der Waals surface area (Å²) in [5.41, 5.74) is 0. The minimum Gasteiger partial charge on any atom is -0.395 e. The third kappa shape index (κ3) is 12.4. The Hall–Kier alpha value is 0.180. The number of hydrogen-bond donors (Lipinski definition) is 6. The molecule has 11 heteroatoms. The van der Waals surface area contributed by atoms with Gasteiger partial charge in [0, 0.05) is 19.6 Å². The Morgan fingerprint density at radius 1 is 1.00 bits per heavy atom. The van der Waals surface area contributed by atoms with Gasteiger partial charge in [0.25, 0.3) is 0 Å². The number of rotatable bonds is 9. The Bertz CT molecular complexity index is 301. The zero-order chi connectivity index (χ0) is 13.5. The fourth-order valence-electron chi connectivity index (χ4n) is 1.12. The van der Waals surface area contributed by atoms with Gasteiger partial charge in [-0.05, 0) is 0 Å². The first kappa shape index (κ1) is 17.2. The second-order valence-corrected chi connectivity index (χ2v) is 6.73. The third-order valence-electron chi connectivity index (χ3n) is 1.72. The van der Waals surface area contributed by atoms with Crippen molar-refractivity contribution in [2.24, 2.45) is 0 Å². The van der Waals surface area contributed by atoms with Crippen molar-refractivity contribution in [2.45, 2.75) is 0 Å². The first-order valence-corrected chi connectivity index (χ1v) is 8.36. The fraction of sp³-hybridized carbons (Fsp3) is 1.00. The minimum atomic E-state index is -4.20. The molecule has 0 bridgehead atoms. The highest BCUT2D eigenvalue weighted by Gasteiger charge is 2.19. The van der Waals surface area contributed by atoms with Gasteiger partial charge in [-0.1, -0.05) is 0 Å². The average molecular weight is 292 g/mol. The molecule has 0 saturated carbocycles. The minimum absolute atomic E-state index is 0.0860. The number of nitrogens with zero attached hydrogens (tertiary/aromatic N) is 1. The van der Waals surface area contributed by atoms with E-state index in [1.165, 1.54) is 4.90 Å². The normalized spacial score (nSPS) is 13.3. The molecule has 0 aromatic carbocycles. The fourth-order valence-corrected chi connectivity index (χ4v) is 2.37. The molecule has 0 aromatic heterocycles. The molecule has 0 atom stereocenters. The third-order valence-corrected chi connectivity index (χ3v) is 3.13. The van der Waals surface area contributed by atoms with Crippen molar-refractivity contribution >= 4 is 15.2 Å². The van der Waals surface area contributed by atoms with E-state index in [0.717, 1.165) is 0 Å². The van der Waals surface area contributed by atoms with Crippen molar-refractivity contribution in [3.63, 3.8) is 0 Å². The summed E-state index contributed by atoms with van der Waals surface area (Å²) in [6.07, 6.45) is -0.985. The van der Waals surface area contributed by atoms with Crippen LogP contribution >= 0.6 is 15.2 Å². The van der Waals surface area contributed by atoms with E-state index in [1.807, 2.05) is 0 Å². The molecule has 104 valence electrons. The summed E-state index contributed by atoms with van der Waals surface area (Å²) in [4.78, 5) is 35.9. The Labute approximate surface area is 98.8 Å². The van der Waals surface area contributed by atoms with Crippen LogP contribution in [0.15, 0.2) is 0 Å². The second-order valence-electron chi connectivity index (χ2n) is 3.47. The van der Waals surface area contributed by atoms with Crippen LogP contribution < -0.4 is 5.32 Å². The summed E-state index contributed by atoms with van der Waals surface area (Å²) < 4.78 is 21.2.